The number of nitrogens with zero attached hydrogens (tertiary/aromatic N) is 4. The van der Waals surface area contributed by atoms with E-state index in [0.717, 1.165) is 63.2 Å². The molecular formula is C23H32N4O4S2. The van der Waals surface area contributed by atoms with Gasteiger partial charge >= 0.3 is 4.87 Å². The number of hydrogen-bond donors (Lipinski definition) is 0. The summed E-state index contributed by atoms with van der Waals surface area (Å²) in [7, 11) is -3.61. The molecule has 1 aromatic heterocycles. The molecule has 0 radical (unpaired) electrons. The molecule has 0 spiro atoms. The molecule has 0 atom stereocenters. The maximum Gasteiger partial charge on any atom is 0.308 e. The number of carbonyl (C=O) groups is 1. The molecule has 0 N–H and O–H groups in total. The van der Waals surface area contributed by atoms with Gasteiger partial charge in [-0.1, -0.05) is 17.8 Å². The van der Waals surface area contributed by atoms with Crippen LogP contribution in [0.5, 0.6) is 0 Å². The minimum atomic E-state index is -3.61. The van der Waals surface area contributed by atoms with Gasteiger partial charge in [0, 0.05) is 32.2 Å². The van der Waals surface area contributed by atoms with Gasteiger partial charge in [0.25, 0.3) is 0 Å². The molecule has 1 amide bonds. The van der Waals surface area contributed by atoms with Gasteiger partial charge in [-0.05, 0) is 69.8 Å². The van der Waals surface area contributed by atoms with Crippen LogP contribution in [0.15, 0.2) is 27.9 Å². The maximum atomic E-state index is 13.3. The Kier molecular flexibility index (Phi) is 6.61. The molecule has 3 saturated heterocycles. The van der Waals surface area contributed by atoms with Gasteiger partial charge in [0.15, 0.2) is 0 Å². The van der Waals surface area contributed by atoms with Crippen LogP contribution in [-0.4, -0.2) is 78.3 Å². The molecule has 3 aliphatic rings. The van der Waals surface area contributed by atoms with E-state index < -0.39 is 10.0 Å². The van der Waals surface area contributed by atoms with Crippen molar-refractivity contribution in [1.29, 1.82) is 0 Å². The third kappa shape index (κ3) is 4.62. The Morgan fingerprint density at radius 1 is 0.939 bits per heavy atom. The summed E-state index contributed by atoms with van der Waals surface area (Å²) in [5.41, 5.74) is 0.625. The first kappa shape index (κ1) is 23.0. The zero-order chi connectivity index (χ0) is 23.0. The molecule has 0 aliphatic carbocycles. The summed E-state index contributed by atoms with van der Waals surface area (Å²) < 4.78 is 30.3. The number of rotatable bonds is 5. The zero-order valence-electron chi connectivity index (χ0n) is 18.9. The van der Waals surface area contributed by atoms with Crippen molar-refractivity contribution in [3.63, 3.8) is 0 Å². The number of sulfonamides is 1. The fraction of sp³-hybridized carbons (Fsp3) is 0.652. The molecule has 3 fully saturated rings. The Hall–Kier alpha value is -1.75. The van der Waals surface area contributed by atoms with Crippen LogP contribution >= 0.6 is 11.3 Å². The lowest BCUT2D eigenvalue weighted by Gasteiger charge is -2.39. The molecule has 5 rings (SSSR count). The van der Waals surface area contributed by atoms with E-state index in [2.05, 4.69) is 4.90 Å². The van der Waals surface area contributed by atoms with E-state index in [9.17, 15) is 18.0 Å². The average molecular weight is 493 g/mol. The van der Waals surface area contributed by atoms with Crippen molar-refractivity contribution >= 4 is 37.5 Å². The minimum Gasteiger partial charge on any atom is -0.341 e. The lowest BCUT2D eigenvalue weighted by atomic mass is 10.0. The van der Waals surface area contributed by atoms with E-state index in [0.29, 0.717) is 29.3 Å². The number of hydrogen-bond acceptors (Lipinski definition) is 6. The van der Waals surface area contributed by atoms with Gasteiger partial charge in [-0.2, -0.15) is 4.31 Å². The van der Waals surface area contributed by atoms with Crippen molar-refractivity contribution in [1.82, 2.24) is 18.7 Å². The normalized spacial score (nSPS) is 21.8. The standard InChI is InChI=1S/C23H32N4O4S2/c28-22(25-12-4-5-13-25)17-27-20-7-6-19(16-21(20)32-23(27)29)33(30,31)26-14-8-18(9-15-26)24-10-2-1-3-11-24/h6-7,16,18H,1-5,8-15,17H2. The Morgan fingerprint density at radius 2 is 1.61 bits per heavy atom. The van der Waals surface area contributed by atoms with Crippen molar-refractivity contribution in [2.45, 2.75) is 62.4 Å². The highest BCUT2D eigenvalue weighted by molar-refractivity contribution is 7.89. The number of piperidine rings is 2. The topological polar surface area (TPSA) is 82.9 Å². The molecule has 2 aromatic rings. The van der Waals surface area contributed by atoms with Crippen molar-refractivity contribution in [3.8, 4) is 0 Å². The summed E-state index contributed by atoms with van der Waals surface area (Å²) in [5, 5.41) is 0. The molecule has 8 nitrogen and oxygen atoms in total. The Bertz CT molecular complexity index is 1170. The van der Waals surface area contributed by atoms with Crippen LogP contribution in [0.3, 0.4) is 0 Å². The molecule has 4 heterocycles. The molecule has 0 unspecified atom stereocenters. The molecule has 1 aromatic carbocycles. The number of carbonyl (C=O) groups excluding carboxylic acids is 1. The third-order valence-corrected chi connectivity index (χ3v) is 10.2. The van der Waals surface area contributed by atoms with Crippen LogP contribution in [0.1, 0.15) is 44.9 Å². The second-order valence-electron chi connectivity index (χ2n) is 9.40. The van der Waals surface area contributed by atoms with Gasteiger partial charge in [0.1, 0.15) is 6.54 Å². The number of thiazole rings is 1. The Balaban J connectivity index is 1.31. The van der Waals surface area contributed by atoms with E-state index in [4.69, 9.17) is 0 Å². The van der Waals surface area contributed by atoms with Crippen LogP contribution in [0.25, 0.3) is 10.2 Å². The fourth-order valence-corrected chi connectivity index (χ4v) is 7.94. The van der Waals surface area contributed by atoms with Gasteiger partial charge < -0.3 is 9.80 Å². The summed E-state index contributed by atoms with van der Waals surface area (Å²) in [4.78, 5) is 29.5. The zero-order valence-corrected chi connectivity index (χ0v) is 20.6. The van der Waals surface area contributed by atoms with Crippen molar-refractivity contribution in [3.05, 3.63) is 27.9 Å². The predicted molar refractivity (Wildman–Crippen MR) is 129 cm³/mol. The van der Waals surface area contributed by atoms with Crippen LogP contribution < -0.4 is 4.87 Å². The predicted octanol–water partition coefficient (Wildman–Crippen LogP) is 2.32. The van der Waals surface area contributed by atoms with Crippen LogP contribution in [0.4, 0.5) is 0 Å². The summed E-state index contributed by atoms with van der Waals surface area (Å²) in [6, 6.07) is 5.34. The third-order valence-electron chi connectivity index (χ3n) is 7.36. The second-order valence-corrected chi connectivity index (χ2v) is 12.3. The largest absolute Gasteiger partial charge is 0.341 e. The lowest BCUT2D eigenvalue weighted by Crippen LogP contribution is -2.48. The first-order valence-electron chi connectivity index (χ1n) is 12.1. The molecule has 0 bridgehead atoms. The smallest absolute Gasteiger partial charge is 0.308 e. The summed E-state index contributed by atoms with van der Waals surface area (Å²) in [5.74, 6) is -0.0532. The first-order chi connectivity index (χ1) is 15.9. The van der Waals surface area contributed by atoms with Gasteiger partial charge in [-0.15, -0.1) is 0 Å². The van der Waals surface area contributed by atoms with Crippen molar-refractivity contribution < 1.29 is 13.2 Å². The second kappa shape index (κ2) is 9.48. The molecule has 10 heteroatoms. The van der Waals surface area contributed by atoms with Crippen LogP contribution in [0.2, 0.25) is 0 Å². The fourth-order valence-electron chi connectivity index (χ4n) is 5.44. The molecule has 33 heavy (non-hydrogen) atoms. The first-order valence-corrected chi connectivity index (χ1v) is 14.3. The highest BCUT2D eigenvalue weighted by Crippen LogP contribution is 2.28. The van der Waals surface area contributed by atoms with E-state index in [-0.39, 0.29) is 22.2 Å². The number of aromatic nitrogens is 1. The highest BCUT2D eigenvalue weighted by Gasteiger charge is 2.32. The Morgan fingerprint density at radius 3 is 2.30 bits per heavy atom. The SMILES string of the molecule is O=C(Cn1c(=O)sc2cc(S(=O)(=O)N3CCC(N4CCCCC4)CC3)ccc21)N1CCCC1. The Labute approximate surface area is 198 Å². The number of amides is 1. The lowest BCUT2D eigenvalue weighted by molar-refractivity contribution is -0.130. The summed E-state index contributed by atoms with van der Waals surface area (Å²) in [6.45, 7) is 4.81. The number of benzene rings is 1. The quantitative estimate of drug-likeness (QED) is 0.640. The van der Waals surface area contributed by atoms with Gasteiger partial charge in [0.2, 0.25) is 15.9 Å². The van der Waals surface area contributed by atoms with Crippen LogP contribution in [-0.2, 0) is 21.4 Å². The monoisotopic (exact) mass is 492 g/mol. The molecular weight excluding hydrogens is 460 g/mol. The summed E-state index contributed by atoms with van der Waals surface area (Å²) in [6.07, 6.45) is 7.51. The average Bonchev–Trinajstić information content (AvgIpc) is 3.48. The van der Waals surface area contributed by atoms with E-state index >= 15 is 0 Å². The van der Waals surface area contributed by atoms with Crippen LogP contribution in [0, 0.1) is 0 Å². The van der Waals surface area contributed by atoms with E-state index in [1.54, 1.807) is 27.4 Å². The number of likely N-dealkylation sites (tertiary alicyclic amines) is 2. The maximum absolute atomic E-state index is 13.3. The number of fused-ring (bicyclic) bond motifs is 1. The van der Waals surface area contributed by atoms with Gasteiger partial charge in [0.05, 0.1) is 15.1 Å². The van der Waals surface area contributed by atoms with Gasteiger partial charge in [-0.3, -0.25) is 14.2 Å². The van der Waals surface area contributed by atoms with E-state index in [1.165, 1.54) is 23.8 Å². The molecule has 0 saturated carbocycles. The molecule has 3 aliphatic heterocycles. The van der Waals surface area contributed by atoms with Crippen molar-refractivity contribution in [2.24, 2.45) is 0 Å². The molecule has 180 valence electrons. The van der Waals surface area contributed by atoms with Gasteiger partial charge in [-0.25, -0.2) is 8.42 Å². The van der Waals surface area contributed by atoms with Crippen molar-refractivity contribution in [2.75, 3.05) is 39.3 Å². The summed E-state index contributed by atoms with van der Waals surface area (Å²) >= 11 is 1.01. The minimum absolute atomic E-state index is 0.00887. The van der Waals surface area contributed by atoms with E-state index in [1.807, 2.05) is 0 Å². The highest BCUT2D eigenvalue weighted by atomic mass is 32.2.